The van der Waals surface area contributed by atoms with Crippen LogP contribution in [0.15, 0.2) is 18.2 Å². The third-order valence-electron chi connectivity index (χ3n) is 1.71. The molecule has 0 saturated carbocycles. The quantitative estimate of drug-likeness (QED) is 0.460. The van der Waals surface area contributed by atoms with Crippen LogP contribution >= 0.6 is 0 Å². The van der Waals surface area contributed by atoms with Crippen molar-refractivity contribution in [1.29, 1.82) is 0 Å². The summed E-state index contributed by atoms with van der Waals surface area (Å²) in [4.78, 5) is 0. The molecule has 0 aromatic heterocycles. The number of benzene rings is 1. The molecule has 0 heterocycles. The zero-order valence-corrected chi connectivity index (χ0v) is 7.28. The van der Waals surface area contributed by atoms with Gasteiger partial charge in [-0.1, -0.05) is 0 Å². The number of hydrogen-bond acceptors (Lipinski definition) is 2. The summed E-state index contributed by atoms with van der Waals surface area (Å²) in [6, 6.07) is -0.668. The van der Waals surface area contributed by atoms with Crippen LogP contribution in [0.3, 0.4) is 0 Å². The van der Waals surface area contributed by atoms with Crippen LogP contribution in [0.4, 0.5) is 22.0 Å². The fourth-order valence-corrected chi connectivity index (χ4v) is 1.12. The van der Waals surface area contributed by atoms with Gasteiger partial charge >= 0.3 is 6.18 Å². The SMILES string of the molecule is NN[C@@H](c1cc(F)cc(F)c1)C(F)(F)F. The van der Waals surface area contributed by atoms with Crippen molar-refractivity contribution in [2.75, 3.05) is 0 Å². The van der Waals surface area contributed by atoms with Gasteiger partial charge in [-0.05, 0) is 17.7 Å². The van der Waals surface area contributed by atoms with Crippen molar-refractivity contribution < 1.29 is 22.0 Å². The Morgan fingerprint density at radius 2 is 1.53 bits per heavy atom. The molecule has 0 aliphatic carbocycles. The van der Waals surface area contributed by atoms with Gasteiger partial charge in [0.2, 0.25) is 0 Å². The predicted molar refractivity (Wildman–Crippen MR) is 42.5 cm³/mol. The molecule has 0 radical (unpaired) electrons. The van der Waals surface area contributed by atoms with Gasteiger partial charge in [0.15, 0.2) is 0 Å². The van der Waals surface area contributed by atoms with E-state index in [-0.39, 0.29) is 0 Å². The molecular weight excluding hydrogens is 219 g/mol. The number of alkyl halides is 3. The molecule has 1 atom stereocenters. The van der Waals surface area contributed by atoms with E-state index in [1.54, 1.807) is 0 Å². The predicted octanol–water partition coefficient (Wildman–Crippen LogP) is 2.03. The van der Waals surface area contributed by atoms with Gasteiger partial charge in [-0.15, -0.1) is 0 Å². The van der Waals surface area contributed by atoms with Crippen LogP contribution in [0.5, 0.6) is 0 Å². The van der Waals surface area contributed by atoms with Gasteiger partial charge in [0.05, 0.1) is 0 Å². The number of nitrogens with two attached hydrogens (primary N) is 1. The van der Waals surface area contributed by atoms with E-state index in [2.05, 4.69) is 5.84 Å². The van der Waals surface area contributed by atoms with Gasteiger partial charge in [-0.25, -0.2) is 14.2 Å². The second-order valence-electron chi connectivity index (χ2n) is 2.84. The van der Waals surface area contributed by atoms with Crippen molar-refractivity contribution in [3.63, 3.8) is 0 Å². The third-order valence-corrected chi connectivity index (χ3v) is 1.71. The summed E-state index contributed by atoms with van der Waals surface area (Å²) in [5, 5.41) is 0. The van der Waals surface area contributed by atoms with E-state index in [1.807, 2.05) is 0 Å². The highest BCUT2D eigenvalue weighted by molar-refractivity contribution is 5.22. The van der Waals surface area contributed by atoms with Crippen LogP contribution in [0.25, 0.3) is 0 Å². The van der Waals surface area contributed by atoms with Crippen molar-refractivity contribution in [2.24, 2.45) is 5.84 Å². The van der Waals surface area contributed by atoms with Crippen LogP contribution in [-0.2, 0) is 0 Å². The van der Waals surface area contributed by atoms with E-state index < -0.39 is 29.4 Å². The van der Waals surface area contributed by atoms with E-state index in [1.165, 1.54) is 5.43 Å². The van der Waals surface area contributed by atoms with Gasteiger partial charge in [0.25, 0.3) is 0 Å². The summed E-state index contributed by atoms with van der Waals surface area (Å²) in [7, 11) is 0. The Kier molecular flexibility index (Phi) is 3.25. The molecule has 0 amide bonds. The highest BCUT2D eigenvalue weighted by Gasteiger charge is 2.40. The molecule has 0 bridgehead atoms. The third kappa shape index (κ3) is 2.87. The number of halogens is 5. The maximum atomic E-state index is 12.6. The minimum absolute atomic E-state index is 0.480. The fourth-order valence-electron chi connectivity index (χ4n) is 1.12. The normalized spacial score (nSPS) is 14.0. The van der Waals surface area contributed by atoms with Crippen molar-refractivity contribution in [3.05, 3.63) is 35.4 Å². The molecule has 1 aromatic rings. The van der Waals surface area contributed by atoms with Crippen LogP contribution in [-0.4, -0.2) is 6.18 Å². The first-order chi connectivity index (χ1) is 6.84. The molecule has 7 heteroatoms. The molecular formula is C8H7F5N2. The Morgan fingerprint density at radius 1 is 1.07 bits per heavy atom. The first kappa shape index (κ1) is 11.9. The fraction of sp³-hybridized carbons (Fsp3) is 0.250. The van der Waals surface area contributed by atoms with Crippen molar-refractivity contribution in [2.45, 2.75) is 12.2 Å². The Morgan fingerprint density at radius 3 is 1.87 bits per heavy atom. The Hall–Kier alpha value is -1.21. The molecule has 3 N–H and O–H groups in total. The molecule has 0 fully saturated rings. The maximum Gasteiger partial charge on any atom is 0.409 e. The second kappa shape index (κ2) is 4.11. The highest BCUT2D eigenvalue weighted by Crippen LogP contribution is 2.32. The molecule has 1 rings (SSSR count). The average molecular weight is 226 g/mol. The van der Waals surface area contributed by atoms with Gasteiger partial charge in [-0.2, -0.15) is 13.2 Å². The summed E-state index contributed by atoms with van der Waals surface area (Å²) < 4.78 is 62.1. The summed E-state index contributed by atoms with van der Waals surface area (Å²) in [5.41, 5.74) is 0.846. The summed E-state index contributed by atoms with van der Waals surface area (Å²) >= 11 is 0. The zero-order valence-electron chi connectivity index (χ0n) is 7.28. The number of rotatable bonds is 2. The lowest BCUT2D eigenvalue weighted by Gasteiger charge is -2.19. The minimum Gasteiger partial charge on any atom is -0.271 e. The molecule has 2 nitrogen and oxygen atoms in total. The largest absolute Gasteiger partial charge is 0.409 e. The van der Waals surface area contributed by atoms with Crippen molar-refractivity contribution in [1.82, 2.24) is 5.43 Å². The average Bonchev–Trinajstić information content (AvgIpc) is 1.99. The topological polar surface area (TPSA) is 38.0 Å². The Balaban J connectivity index is 3.13. The van der Waals surface area contributed by atoms with Crippen molar-refractivity contribution in [3.8, 4) is 0 Å². The lowest BCUT2D eigenvalue weighted by molar-refractivity contribution is -0.157. The van der Waals surface area contributed by atoms with Gasteiger partial charge < -0.3 is 0 Å². The highest BCUT2D eigenvalue weighted by atomic mass is 19.4. The summed E-state index contributed by atoms with van der Waals surface area (Å²) in [5.74, 6) is 2.50. The second-order valence-corrected chi connectivity index (χ2v) is 2.84. The van der Waals surface area contributed by atoms with E-state index in [9.17, 15) is 22.0 Å². The monoisotopic (exact) mass is 226 g/mol. The molecule has 15 heavy (non-hydrogen) atoms. The molecule has 0 spiro atoms. The maximum absolute atomic E-state index is 12.6. The van der Waals surface area contributed by atoms with Crippen LogP contribution < -0.4 is 11.3 Å². The standard InChI is InChI=1S/C8H7F5N2/c9-5-1-4(2-6(10)3-5)7(15-14)8(11,12)13/h1-3,7,15H,14H2/t7-/m0/s1. The summed E-state index contributed by atoms with van der Waals surface area (Å²) in [6.07, 6.45) is -4.71. The van der Waals surface area contributed by atoms with Crippen LogP contribution in [0.2, 0.25) is 0 Å². The lowest BCUT2D eigenvalue weighted by atomic mass is 10.1. The molecule has 0 aliphatic rings. The van der Waals surface area contributed by atoms with E-state index in [4.69, 9.17) is 0 Å². The van der Waals surface area contributed by atoms with E-state index in [0.29, 0.717) is 18.2 Å². The van der Waals surface area contributed by atoms with E-state index >= 15 is 0 Å². The first-order valence-electron chi connectivity index (χ1n) is 3.83. The summed E-state index contributed by atoms with van der Waals surface area (Å²) in [6.45, 7) is 0. The molecule has 0 saturated heterocycles. The van der Waals surface area contributed by atoms with Gasteiger partial charge in [-0.3, -0.25) is 5.84 Å². The molecule has 1 aromatic carbocycles. The smallest absolute Gasteiger partial charge is 0.271 e. The van der Waals surface area contributed by atoms with Gasteiger partial charge in [0, 0.05) is 6.07 Å². The zero-order chi connectivity index (χ0) is 11.6. The first-order valence-corrected chi connectivity index (χ1v) is 3.83. The minimum atomic E-state index is -4.71. The Bertz CT molecular complexity index is 329. The molecule has 0 unspecified atom stereocenters. The number of nitrogens with one attached hydrogen (secondary N) is 1. The van der Waals surface area contributed by atoms with Crippen LogP contribution in [0.1, 0.15) is 11.6 Å². The molecule has 84 valence electrons. The lowest BCUT2D eigenvalue weighted by Crippen LogP contribution is -2.38. The number of hydrazine groups is 1. The molecule has 0 aliphatic heterocycles. The van der Waals surface area contributed by atoms with E-state index in [0.717, 1.165) is 0 Å². The van der Waals surface area contributed by atoms with Crippen LogP contribution in [0, 0.1) is 11.6 Å². The Labute approximate surface area is 81.8 Å². The van der Waals surface area contributed by atoms with Gasteiger partial charge in [0.1, 0.15) is 17.7 Å². The van der Waals surface area contributed by atoms with Crippen molar-refractivity contribution >= 4 is 0 Å². The number of hydrogen-bond donors (Lipinski definition) is 2.